The van der Waals surface area contributed by atoms with Gasteiger partial charge in [-0.3, -0.25) is 10.1 Å². The highest BCUT2D eigenvalue weighted by atomic mass is 16.6. The average Bonchev–Trinajstić information content (AvgIpc) is 2.66. The van der Waals surface area contributed by atoms with Crippen LogP contribution in [-0.2, 0) is 0 Å². The van der Waals surface area contributed by atoms with Gasteiger partial charge in [0.15, 0.2) is 0 Å². The van der Waals surface area contributed by atoms with Crippen molar-refractivity contribution in [2.45, 2.75) is 26.8 Å². The fraction of sp³-hybridized carbons (Fsp3) is 0.455. The van der Waals surface area contributed by atoms with Crippen LogP contribution in [0.25, 0.3) is 6.08 Å². The van der Waals surface area contributed by atoms with E-state index < -0.39 is 4.92 Å². The molecule has 0 amide bonds. The maximum absolute atomic E-state index is 10.4. The van der Waals surface area contributed by atoms with Crippen molar-refractivity contribution in [2.75, 3.05) is 6.54 Å². The molecule has 0 aromatic carbocycles. The SMILES string of the molecule is CCNC(C)/C(C)=C/c1ccc([N+](=O)[O-])o1. The second-order valence-corrected chi connectivity index (χ2v) is 3.60. The van der Waals surface area contributed by atoms with Crippen molar-refractivity contribution in [3.63, 3.8) is 0 Å². The molecule has 16 heavy (non-hydrogen) atoms. The molecule has 0 spiro atoms. The number of furan rings is 1. The molecule has 0 saturated heterocycles. The largest absolute Gasteiger partial charge is 0.433 e. The highest BCUT2D eigenvalue weighted by molar-refractivity contribution is 5.49. The fourth-order valence-electron chi connectivity index (χ4n) is 1.33. The third kappa shape index (κ3) is 3.20. The number of rotatable bonds is 5. The molecule has 1 aromatic heterocycles. The van der Waals surface area contributed by atoms with Gasteiger partial charge < -0.3 is 9.73 Å². The summed E-state index contributed by atoms with van der Waals surface area (Å²) >= 11 is 0. The molecule has 1 N–H and O–H groups in total. The Bertz CT molecular complexity index is 396. The van der Waals surface area contributed by atoms with Gasteiger partial charge in [0.2, 0.25) is 0 Å². The first-order valence-corrected chi connectivity index (χ1v) is 5.20. The molecule has 1 heterocycles. The number of likely N-dealkylation sites (N-methyl/N-ethyl adjacent to an activating group) is 1. The average molecular weight is 224 g/mol. The van der Waals surface area contributed by atoms with Crippen molar-refractivity contribution in [2.24, 2.45) is 0 Å². The first kappa shape index (κ1) is 12.4. The third-order valence-corrected chi connectivity index (χ3v) is 2.36. The lowest BCUT2D eigenvalue weighted by atomic mass is 10.1. The Morgan fingerprint density at radius 2 is 2.38 bits per heavy atom. The summed E-state index contributed by atoms with van der Waals surface area (Å²) in [7, 11) is 0. The van der Waals surface area contributed by atoms with Gasteiger partial charge in [0, 0.05) is 6.04 Å². The molecule has 0 aliphatic carbocycles. The number of nitrogens with zero attached hydrogens (tertiary/aromatic N) is 1. The summed E-state index contributed by atoms with van der Waals surface area (Å²) in [4.78, 5) is 9.87. The number of nitro groups is 1. The third-order valence-electron chi connectivity index (χ3n) is 2.36. The van der Waals surface area contributed by atoms with Crippen molar-refractivity contribution in [1.82, 2.24) is 5.32 Å². The highest BCUT2D eigenvalue weighted by Gasteiger charge is 2.11. The monoisotopic (exact) mass is 224 g/mol. The molecule has 5 heteroatoms. The van der Waals surface area contributed by atoms with E-state index in [9.17, 15) is 10.1 Å². The van der Waals surface area contributed by atoms with Crippen LogP contribution in [0, 0.1) is 10.1 Å². The van der Waals surface area contributed by atoms with E-state index in [1.807, 2.05) is 20.8 Å². The van der Waals surface area contributed by atoms with Gasteiger partial charge in [0.1, 0.15) is 10.7 Å². The minimum absolute atomic E-state index is 0.227. The second-order valence-electron chi connectivity index (χ2n) is 3.60. The van der Waals surface area contributed by atoms with Crippen molar-refractivity contribution in [3.05, 3.63) is 33.6 Å². The molecular weight excluding hydrogens is 208 g/mol. The van der Waals surface area contributed by atoms with E-state index in [-0.39, 0.29) is 11.9 Å². The summed E-state index contributed by atoms with van der Waals surface area (Å²) in [6.45, 7) is 6.90. The van der Waals surface area contributed by atoms with Crippen LogP contribution in [0.2, 0.25) is 0 Å². The topological polar surface area (TPSA) is 68.3 Å². The van der Waals surface area contributed by atoms with Crippen LogP contribution in [0.4, 0.5) is 5.88 Å². The summed E-state index contributed by atoms with van der Waals surface area (Å²) in [6.07, 6.45) is 1.81. The second kappa shape index (κ2) is 5.46. The first-order chi connectivity index (χ1) is 7.54. The van der Waals surface area contributed by atoms with Gasteiger partial charge >= 0.3 is 5.88 Å². The quantitative estimate of drug-likeness (QED) is 0.616. The molecule has 0 aliphatic heterocycles. The molecule has 0 fully saturated rings. The normalized spacial score (nSPS) is 13.8. The Morgan fingerprint density at radius 1 is 1.69 bits per heavy atom. The summed E-state index contributed by atoms with van der Waals surface area (Å²) in [5.74, 6) is 0.282. The number of hydrogen-bond donors (Lipinski definition) is 1. The van der Waals surface area contributed by atoms with Gasteiger partial charge in [0.25, 0.3) is 0 Å². The van der Waals surface area contributed by atoms with Crippen LogP contribution < -0.4 is 5.32 Å². The smallest absolute Gasteiger partial charge is 0.401 e. The predicted molar refractivity (Wildman–Crippen MR) is 62.2 cm³/mol. The molecule has 1 atom stereocenters. The number of hydrogen-bond acceptors (Lipinski definition) is 4. The standard InChI is InChI=1S/C11H16N2O3/c1-4-12-9(3)8(2)7-10-5-6-11(16-10)13(14)15/h5-7,9,12H,4H2,1-3H3/b8-7+. The van der Waals surface area contributed by atoms with Crippen LogP contribution in [0.3, 0.4) is 0 Å². The Morgan fingerprint density at radius 3 is 2.88 bits per heavy atom. The van der Waals surface area contributed by atoms with Gasteiger partial charge in [0.05, 0.1) is 6.07 Å². The molecule has 0 bridgehead atoms. The zero-order chi connectivity index (χ0) is 12.1. The van der Waals surface area contributed by atoms with Gasteiger partial charge in [-0.25, -0.2) is 0 Å². The lowest BCUT2D eigenvalue weighted by molar-refractivity contribution is -0.402. The molecular formula is C11H16N2O3. The molecule has 0 radical (unpaired) electrons. The van der Waals surface area contributed by atoms with Crippen molar-refractivity contribution in [3.8, 4) is 0 Å². The molecule has 1 unspecified atom stereocenters. The van der Waals surface area contributed by atoms with E-state index >= 15 is 0 Å². The van der Waals surface area contributed by atoms with E-state index in [2.05, 4.69) is 5.32 Å². The van der Waals surface area contributed by atoms with E-state index in [1.165, 1.54) is 6.07 Å². The minimum Gasteiger partial charge on any atom is -0.401 e. The lowest BCUT2D eigenvalue weighted by Crippen LogP contribution is -2.26. The van der Waals surface area contributed by atoms with Crippen LogP contribution in [-0.4, -0.2) is 17.5 Å². The van der Waals surface area contributed by atoms with Crippen LogP contribution >= 0.6 is 0 Å². The van der Waals surface area contributed by atoms with E-state index in [1.54, 1.807) is 12.1 Å². The molecule has 1 aromatic rings. The van der Waals surface area contributed by atoms with Gasteiger partial charge in [-0.1, -0.05) is 12.5 Å². The van der Waals surface area contributed by atoms with Crippen molar-refractivity contribution in [1.29, 1.82) is 0 Å². The Hall–Kier alpha value is -1.62. The number of nitrogens with one attached hydrogen (secondary N) is 1. The zero-order valence-electron chi connectivity index (χ0n) is 9.69. The van der Waals surface area contributed by atoms with E-state index in [4.69, 9.17) is 4.42 Å². The molecule has 88 valence electrons. The van der Waals surface area contributed by atoms with Crippen molar-refractivity contribution >= 4 is 12.0 Å². The Labute approximate surface area is 94.3 Å². The summed E-state index contributed by atoms with van der Waals surface area (Å²) in [6, 6.07) is 3.19. The molecule has 0 aliphatic rings. The molecule has 5 nitrogen and oxygen atoms in total. The fourth-order valence-corrected chi connectivity index (χ4v) is 1.33. The minimum atomic E-state index is -0.541. The maximum Gasteiger partial charge on any atom is 0.433 e. The predicted octanol–water partition coefficient (Wildman–Crippen LogP) is 2.59. The maximum atomic E-state index is 10.4. The van der Waals surface area contributed by atoms with Gasteiger partial charge in [-0.15, -0.1) is 0 Å². The molecule has 0 saturated carbocycles. The van der Waals surface area contributed by atoms with Crippen molar-refractivity contribution < 1.29 is 9.34 Å². The van der Waals surface area contributed by atoms with Crippen LogP contribution in [0.15, 0.2) is 22.1 Å². The van der Waals surface area contributed by atoms with Gasteiger partial charge in [-0.05, 0) is 32.5 Å². The summed E-state index contributed by atoms with van der Waals surface area (Å²) in [5, 5.41) is 13.7. The zero-order valence-corrected chi connectivity index (χ0v) is 9.69. The summed E-state index contributed by atoms with van der Waals surface area (Å²) < 4.78 is 5.04. The molecule has 1 rings (SSSR count). The Balaban J connectivity index is 2.77. The summed E-state index contributed by atoms with van der Waals surface area (Å²) in [5.41, 5.74) is 1.08. The van der Waals surface area contributed by atoms with E-state index in [0.717, 1.165) is 12.1 Å². The first-order valence-electron chi connectivity index (χ1n) is 5.20. The van der Waals surface area contributed by atoms with Crippen LogP contribution in [0.1, 0.15) is 26.5 Å². The van der Waals surface area contributed by atoms with Gasteiger partial charge in [-0.2, -0.15) is 0 Å². The van der Waals surface area contributed by atoms with E-state index in [0.29, 0.717) is 5.76 Å². The van der Waals surface area contributed by atoms with Crippen LogP contribution in [0.5, 0.6) is 0 Å². The lowest BCUT2D eigenvalue weighted by Gasteiger charge is -2.11. The highest BCUT2D eigenvalue weighted by Crippen LogP contribution is 2.18. The Kier molecular flexibility index (Phi) is 4.25.